The number of rotatable bonds is 4. The largest absolute Gasteiger partial charge is 0.496 e. The van der Waals surface area contributed by atoms with Crippen molar-refractivity contribution in [2.45, 2.75) is 38.9 Å². The number of ketones is 1. The molecular weight excluding hydrogens is 242 g/mol. The van der Waals surface area contributed by atoms with Crippen LogP contribution < -0.4 is 10.5 Å². The molecule has 1 aromatic carbocycles. The molecular formula is C15H21NO3. The van der Waals surface area contributed by atoms with E-state index in [-0.39, 0.29) is 18.0 Å². The molecule has 0 amide bonds. The first kappa shape index (κ1) is 14.0. The smallest absolute Gasteiger partial charge is 0.195 e. The molecule has 2 rings (SSSR count). The van der Waals surface area contributed by atoms with Crippen LogP contribution in [-0.2, 0) is 4.74 Å². The van der Waals surface area contributed by atoms with Crippen LogP contribution in [0.25, 0.3) is 0 Å². The Kier molecular flexibility index (Phi) is 4.22. The van der Waals surface area contributed by atoms with E-state index < -0.39 is 0 Å². The molecule has 19 heavy (non-hydrogen) atoms. The fraction of sp³-hybridized carbons (Fsp3) is 0.533. The molecule has 2 N–H and O–H groups in total. The third kappa shape index (κ3) is 2.65. The molecule has 1 aliphatic rings. The molecule has 1 fully saturated rings. The van der Waals surface area contributed by atoms with Crippen molar-refractivity contribution in [3.63, 3.8) is 0 Å². The number of aryl methyl sites for hydroxylation is 1. The Labute approximate surface area is 113 Å². The van der Waals surface area contributed by atoms with Crippen LogP contribution in [0.2, 0.25) is 0 Å². The van der Waals surface area contributed by atoms with Gasteiger partial charge in [-0.25, -0.2) is 0 Å². The zero-order chi connectivity index (χ0) is 14.0. The topological polar surface area (TPSA) is 61.5 Å². The first-order valence-corrected chi connectivity index (χ1v) is 6.62. The Morgan fingerprint density at radius 2 is 2.16 bits per heavy atom. The monoisotopic (exact) mass is 263 g/mol. The second kappa shape index (κ2) is 5.72. The minimum Gasteiger partial charge on any atom is -0.496 e. The highest BCUT2D eigenvalue weighted by Gasteiger charge is 2.32. The van der Waals surface area contributed by atoms with Gasteiger partial charge < -0.3 is 15.2 Å². The lowest BCUT2D eigenvalue weighted by Gasteiger charge is -2.16. The lowest BCUT2D eigenvalue weighted by molar-refractivity contribution is 0.0402. The fourth-order valence-corrected chi connectivity index (χ4v) is 2.49. The standard InChI is InChI=1S/C15H21NO3/c1-9-4-6-12(15(18-3)10(9)2)14(17)13-7-5-11(8-16)19-13/h4,6,11,13H,5,7-8,16H2,1-3H3. The van der Waals surface area contributed by atoms with Gasteiger partial charge in [0.05, 0.1) is 18.8 Å². The Morgan fingerprint density at radius 1 is 1.42 bits per heavy atom. The quantitative estimate of drug-likeness (QED) is 0.844. The summed E-state index contributed by atoms with van der Waals surface area (Å²) in [5.74, 6) is 0.653. The molecule has 4 heteroatoms. The van der Waals surface area contributed by atoms with Crippen molar-refractivity contribution in [2.24, 2.45) is 5.73 Å². The lowest BCUT2D eigenvalue weighted by Crippen LogP contribution is -2.25. The van der Waals surface area contributed by atoms with E-state index >= 15 is 0 Å². The van der Waals surface area contributed by atoms with Crippen LogP contribution in [0, 0.1) is 13.8 Å². The number of methoxy groups -OCH3 is 1. The van der Waals surface area contributed by atoms with Crippen LogP contribution in [-0.4, -0.2) is 31.6 Å². The Bertz CT molecular complexity index is 485. The van der Waals surface area contributed by atoms with E-state index in [9.17, 15) is 4.79 Å². The predicted octanol–water partition coefficient (Wildman–Crippen LogP) is 2.00. The van der Waals surface area contributed by atoms with Crippen LogP contribution >= 0.6 is 0 Å². The van der Waals surface area contributed by atoms with Gasteiger partial charge in [0.25, 0.3) is 0 Å². The highest BCUT2D eigenvalue weighted by Crippen LogP contribution is 2.30. The molecule has 2 atom stereocenters. The predicted molar refractivity (Wildman–Crippen MR) is 73.7 cm³/mol. The van der Waals surface area contributed by atoms with Crippen molar-refractivity contribution < 1.29 is 14.3 Å². The number of carbonyl (C=O) groups is 1. The van der Waals surface area contributed by atoms with Gasteiger partial charge in [-0.05, 0) is 43.9 Å². The molecule has 2 unspecified atom stereocenters. The Morgan fingerprint density at radius 3 is 2.74 bits per heavy atom. The van der Waals surface area contributed by atoms with Crippen LogP contribution in [0.1, 0.15) is 34.3 Å². The molecule has 4 nitrogen and oxygen atoms in total. The first-order valence-electron chi connectivity index (χ1n) is 6.62. The molecule has 0 spiro atoms. The van der Waals surface area contributed by atoms with E-state index in [1.54, 1.807) is 7.11 Å². The summed E-state index contributed by atoms with van der Waals surface area (Å²) in [6, 6.07) is 3.77. The van der Waals surface area contributed by atoms with Gasteiger partial charge in [-0.15, -0.1) is 0 Å². The van der Waals surface area contributed by atoms with Gasteiger partial charge in [0.1, 0.15) is 11.9 Å². The number of hydrogen-bond donors (Lipinski definition) is 1. The summed E-state index contributed by atoms with van der Waals surface area (Å²) in [6.45, 7) is 4.43. The van der Waals surface area contributed by atoms with Gasteiger partial charge in [0.2, 0.25) is 0 Å². The van der Waals surface area contributed by atoms with Crippen LogP contribution in [0.4, 0.5) is 0 Å². The van der Waals surface area contributed by atoms with Gasteiger partial charge in [0.15, 0.2) is 5.78 Å². The molecule has 1 saturated heterocycles. The summed E-state index contributed by atoms with van der Waals surface area (Å²) in [5, 5.41) is 0. The van der Waals surface area contributed by atoms with Crippen LogP contribution in [0.5, 0.6) is 5.75 Å². The molecule has 0 aliphatic carbocycles. The van der Waals surface area contributed by atoms with Gasteiger partial charge in [-0.2, -0.15) is 0 Å². The summed E-state index contributed by atoms with van der Waals surface area (Å²) >= 11 is 0. The van der Waals surface area contributed by atoms with Crippen LogP contribution in [0.15, 0.2) is 12.1 Å². The van der Waals surface area contributed by atoms with Crippen molar-refractivity contribution in [1.82, 2.24) is 0 Å². The molecule has 1 aliphatic heterocycles. The first-order chi connectivity index (χ1) is 9.08. The fourth-order valence-electron chi connectivity index (χ4n) is 2.49. The van der Waals surface area contributed by atoms with Crippen molar-refractivity contribution in [1.29, 1.82) is 0 Å². The van der Waals surface area contributed by atoms with Gasteiger partial charge in [-0.1, -0.05) is 6.07 Å². The minimum atomic E-state index is -0.385. The van der Waals surface area contributed by atoms with Crippen LogP contribution in [0.3, 0.4) is 0 Å². The highest BCUT2D eigenvalue weighted by atomic mass is 16.5. The summed E-state index contributed by atoms with van der Waals surface area (Å²) in [4.78, 5) is 12.5. The van der Waals surface area contributed by atoms with Gasteiger partial charge >= 0.3 is 0 Å². The number of carbonyl (C=O) groups excluding carboxylic acids is 1. The van der Waals surface area contributed by atoms with Crippen molar-refractivity contribution >= 4 is 5.78 Å². The van der Waals surface area contributed by atoms with Crippen molar-refractivity contribution in [3.05, 3.63) is 28.8 Å². The second-order valence-corrected chi connectivity index (χ2v) is 5.01. The molecule has 104 valence electrons. The maximum absolute atomic E-state index is 12.5. The lowest BCUT2D eigenvalue weighted by atomic mass is 9.98. The zero-order valence-electron chi connectivity index (χ0n) is 11.7. The molecule has 1 heterocycles. The number of nitrogens with two attached hydrogens (primary N) is 1. The average Bonchev–Trinajstić information content (AvgIpc) is 2.89. The Hall–Kier alpha value is -1.39. The molecule has 0 aromatic heterocycles. The third-order valence-electron chi connectivity index (χ3n) is 3.81. The number of benzene rings is 1. The van der Waals surface area contributed by atoms with E-state index in [1.165, 1.54) is 0 Å². The highest BCUT2D eigenvalue weighted by molar-refractivity contribution is 6.02. The normalized spacial score (nSPS) is 22.5. The minimum absolute atomic E-state index is 0.00380. The molecule has 0 saturated carbocycles. The van der Waals surface area contributed by atoms with E-state index in [1.807, 2.05) is 26.0 Å². The third-order valence-corrected chi connectivity index (χ3v) is 3.81. The van der Waals surface area contributed by atoms with E-state index in [0.29, 0.717) is 17.9 Å². The van der Waals surface area contributed by atoms with Crippen molar-refractivity contribution in [2.75, 3.05) is 13.7 Å². The molecule has 0 radical (unpaired) electrons. The molecule has 0 bridgehead atoms. The van der Waals surface area contributed by atoms with E-state index in [2.05, 4.69) is 0 Å². The second-order valence-electron chi connectivity index (χ2n) is 5.01. The van der Waals surface area contributed by atoms with Gasteiger partial charge in [-0.3, -0.25) is 4.79 Å². The maximum atomic E-state index is 12.5. The Balaban J connectivity index is 2.27. The van der Waals surface area contributed by atoms with Gasteiger partial charge in [0, 0.05) is 6.54 Å². The maximum Gasteiger partial charge on any atom is 0.195 e. The van der Waals surface area contributed by atoms with E-state index in [4.69, 9.17) is 15.2 Å². The zero-order valence-corrected chi connectivity index (χ0v) is 11.7. The van der Waals surface area contributed by atoms with E-state index in [0.717, 1.165) is 24.0 Å². The summed E-state index contributed by atoms with van der Waals surface area (Å²) in [6.07, 6.45) is 1.20. The SMILES string of the molecule is COc1c(C(=O)C2CCC(CN)O2)ccc(C)c1C. The summed E-state index contributed by atoms with van der Waals surface area (Å²) in [5.41, 5.74) is 8.29. The number of hydrogen-bond acceptors (Lipinski definition) is 4. The van der Waals surface area contributed by atoms with Crippen molar-refractivity contribution in [3.8, 4) is 5.75 Å². The molecule has 1 aromatic rings. The number of Topliss-reactive ketones (excluding diaryl/α,β-unsaturated/α-hetero) is 1. The summed E-state index contributed by atoms with van der Waals surface area (Å²) in [7, 11) is 1.59. The number of ether oxygens (including phenoxy) is 2. The summed E-state index contributed by atoms with van der Waals surface area (Å²) < 4.78 is 11.1. The average molecular weight is 263 g/mol.